The molecule has 0 saturated carbocycles. The minimum Gasteiger partial charge on any atom is -0.444 e. The maximum Gasteiger partial charge on any atom is 0.214 e. The van der Waals surface area contributed by atoms with Crippen LogP contribution in [0.5, 0.6) is 0 Å². The topological polar surface area (TPSA) is 56.7 Å². The molecular weight excluding hydrogens is 276 g/mol. The zero-order chi connectivity index (χ0) is 14.1. The van der Waals surface area contributed by atoms with Crippen molar-refractivity contribution in [3.05, 3.63) is 41.6 Å². The zero-order valence-corrected chi connectivity index (χ0v) is 12.2. The van der Waals surface area contributed by atoms with Crippen LogP contribution in [0.4, 0.5) is 0 Å². The number of hydrogen-bond donors (Lipinski definition) is 0. The van der Waals surface area contributed by atoms with Crippen LogP contribution in [0.2, 0.25) is 0 Å². The molecule has 0 spiro atoms. The van der Waals surface area contributed by atoms with Gasteiger partial charge in [0.05, 0.1) is 17.4 Å². The second-order valence-electron chi connectivity index (χ2n) is 4.67. The average molecular weight is 291 g/mol. The molecule has 104 valence electrons. The van der Waals surface area contributed by atoms with Gasteiger partial charge >= 0.3 is 0 Å². The second kappa shape index (κ2) is 5.25. The molecule has 0 aliphatic rings. The zero-order valence-electron chi connectivity index (χ0n) is 11.4. The van der Waals surface area contributed by atoms with E-state index in [1.54, 1.807) is 12.4 Å². The van der Waals surface area contributed by atoms with Gasteiger partial charge in [0.15, 0.2) is 0 Å². The largest absolute Gasteiger partial charge is 0.444 e. The van der Waals surface area contributed by atoms with E-state index >= 15 is 0 Å². The molecule has 0 aliphatic carbocycles. The summed E-state index contributed by atoms with van der Waals surface area (Å²) >= 11 is 5.86. The Bertz CT molecular complexity index is 727. The lowest BCUT2D eigenvalue weighted by atomic mass is 10.4. The Labute approximate surface area is 121 Å². The van der Waals surface area contributed by atoms with Crippen LogP contribution in [-0.4, -0.2) is 25.4 Å². The van der Waals surface area contributed by atoms with E-state index in [1.165, 1.54) is 0 Å². The summed E-state index contributed by atoms with van der Waals surface area (Å²) in [5.74, 6) is 2.99. The highest BCUT2D eigenvalue weighted by Crippen LogP contribution is 2.18. The van der Waals surface area contributed by atoms with E-state index < -0.39 is 0 Å². The van der Waals surface area contributed by atoms with E-state index in [1.807, 2.05) is 19.9 Å². The van der Waals surface area contributed by atoms with Crippen molar-refractivity contribution in [3.8, 4) is 0 Å². The van der Waals surface area contributed by atoms with Crippen LogP contribution in [0.15, 0.2) is 22.9 Å². The molecule has 5 nitrogen and oxygen atoms in total. The first-order valence-corrected chi connectivity index (χ1v) is 7.00. The van der Waals surface area contributed by atoms with Gasteiger partial charge in [-0.1, -0.05) is 0 Å². The monoisotopic (exact) mass is 290 g/mol. The summed E-state index contributed by atoms with van der Waals surface area (Å²) in [4.78, 5) is 13.1. The first kappa shape index (κ1) is 13.1. The third kappa shape index (κ3) is 2.29. The third-order valence-electron chi connectivity index (χ3n) is 3.31. The highest BCUT2D eigenvalue weighted by molar-refractivity contribution is 6.17. The summed E-state index contributed by atoms with van der Waals surface area (Å²) in [6, 6.07) is 1.95. The minimum absolute atomic E-state index is 0.528. The highest BCUT2D eigenvalue weighted by atomic mass is 35.5. The number of alkyl halides is 1. The molecular formula is C14H15ClN4O. The minimum atomic E-state index is 0.528. The summed E-state index contributed by atoms with van der Waals surface area (Å²) < 4.78 is 7.75. The number of pyridine rings is 1. The normalized spacial score (nSPS) is 11.3. The average Bonchev–Trinajstić information content (AvgIpc) is 2.93. The summed E-state index contributed by atoms with van der Waals surface area (Å²) in [6.45, 7) is 4.42. The first-order valence-electron chi connectivity index (χ1n) is 6.47. The quantitative estimate of drug-likeness (QED) is 0.693. The maximum absolute atomic E-state index is 5.86. The Morgan fingerprint density at radius 3 is 2.85 bits per heavy atom. The van der Waals surface area contributed by atoms with Gasteiger partial charge in [-0.05, 0) is 19.9 Å². The number of nitrogens with zero attached hydrogens (tertiary/aromatic N) is 4. The molecule has 3 aromatic heterocycles. The van der Waals surface area contributed by atoms with E-state index in [-0.39, 0.29) is 0 Å². The summed E-state index contributed by atoms with van der Waals surface area (Å²) in [6.07, 6.45) is 4.22. The van der Waals surface area contributed by atoms with Gasteiger partial charge in [0.25, 0.3) is 0 Å². The Kier molecular flexibility index (Phi) is 3.44. The van der Waals surface area contributed by atoms with Crippen LogP contribution in [0.3, 0.4) is 0 Å². The van der Waals surface area contributed by atoms with Crippen LogP contribution >= 0.6 is 11.6 Å². The number of aryl methyl sites for hydroxylation is 3. The van der Waals surface area contributed by atoms with Crippen LogP contribution in [0, 0.1) is 13.8 Å². The van der Waals surface area contributed by atoms with Gasteiger partial charge in [0, 0.05) is 18.5 Å². The lowest BCUT2D eigenvalue weighted by molar-refractivity contribution is 0.456. The van der Waals surface area contributed by atoms with E-state index in [9.17, 15) is 0 Å². The molecule has 0 fully saturated rings. The lowest BCUT2D eigenvalue weighted by Crippen LogP contribution is -2.06. The van der Waals surface area contributed by atoms with Crippen molar-refractivity contribution in [1.29, 1.82) is 0 Å². The molecule has 0 aliphatic heterocycles. The molecule has 0 bridgehead atoms. The predicted octanol–water partition coefficient (Wildman–Crippen LogP) is 2.87. The molecule has 20 heavy (non-hydrogen) atoms. The van der Waals surface area contributed by atoms with Crippen molar-refractivity contribution < 1.29 is 4.42 Å². The highest BCUT2D eigenvalue weighted by Gasteiger charge is 2.13. The number of rotatable bonds is 4. The van der Waals surface area contributed by atoms with E-state index in [0.717, 1.165) is 28.3 Å². The van der Waals surface area contributed by atoms with Crippen molar-refractivity contribution in [1.82, 2.24) is 19.5 Å². The van der Waals surface area contributed by atoms with Gasteiger partial charge in [-0.2, -0.15) is 0 Å². The molecule has 0 aromatic carbocycles. The Morgan fingerprint density at radius 2 is 2.15 bits per heavy atom. The number of imidazole rings is 1. The van der Waals surface area contributed by atoms with E-state index in [4.69, 9.17) is 16.0 Å². The molecule has 3 rings (SSSR count). The van der Waals surface area contributed by atoms with Crippen molar-refractivity contribution in [3.63, 3.8) is 0 Å². The van der Waals surface area contributed by atoms with Crippen molar-refractivity contribution in [2.24, 2.45) is 0 Å². The van der Waals surface area contributed by atoms with Crippen molar-refractivity contribution in [2.75, 3.05) is 5.88 Å². The van der Waals surface area contributed by atoms with Crippen LogP contribution < -0.4 is 0 Å². The Hall–Kier alpha value is -1.88. The van der Waals surface area contributed by atoms with Gasteiger partial charge in [-0.15, -0.1) is 11.6 Å². The predicted molar refractivity (Wildman–Crippen MR) is 77.0 cm³/mol. The smallest absolute Gasteiger partial charge is 0.214 e. The maximum atomic E-state index is 5.86. The van der Waals surface area contributed by atoms with Crippen LogP contribution in [0.25, 0.3) is 11.0 Å². The van der Waals surface area contributed by atoms with Crippen molar-refractivity contribution >= 4 is 22.6 Å². The second-order valence-corrected chi connectivity index (χ2v) is 5.04. The molecule has 0 N–H and O–H groups in total. The molecule has 3 heterocycles. The number of oxazole rings is 1. The van der Waals surface area contributed by atoms with Crippen LogP contribution in [-0.2, 0) is 13.0 Å². The SMILES string of the molecule is Cc1nc(Cn2c(CCCl)nc3cnccc32)oc1C. The number of hydrogen-bond acceptors (Lipinski definition) is 4. The molecule has 0 radical (unpaired) electrons. The Balaban J connectivity index is 2.06. The van der Waals surface area contributed by atoms with Gasteiger partial charge in [0.2, 0.25) is 5.89 Å². The summed E-state index contributed by atoms with van der Waals surface area (Å²) in [5, 5.41) is 0. The lowest BCUT2D eigenvalue weighted by Gasteiger charge is -2.05. The molecule has 0 amide bonds. The van der Waals surface area contributed by atoms with Crippen LogP contribution in [0.1, 0.15) is 23.2 Å². The molecule has 6 heteroatoms. The molecule has 0 saturated heterocycles. The third-order valence-corrected chi connectivity index (χ3v) is 3.50. The fourth-order valence-corrected chi connectivity index (χ4v) is 2.39. The first-order chi connectivity index (χ1) is 9.69. The van der Waals surface area contributed by atoms with Gasteiger partial charge in [0.1, 0.15) is 23.6 Å². The van der Waals surface area contributed by atoms with E-state index in [2.05, 4.69) is 19.5 Å². The number of halogens is 1. The van der Waals surface area contributed by atoms with Gasteiger partial charge in [-0.3, -0.25) is 4.98 Å². The fourth-order valence-electron chi connectivity index (χ4n) is 2.23. The van der Waals surface area contributed by atoms with Crippen molar-refractivity contribution in [2.45, 2.75) is 26.8 Å². The Morgan fingerprint density at radius 1 is 1.30 bits per heavy atom. The number of fused-ring (bicyclic) bond motifs is 1. The van der Waals surface area contributed by atoms with Gasteiger partial charge in [-0.25, -0.2) is 9.97 Å². The van der Waals surface area contributed by atoms with Gasteiger partial charge < -0.3 is 8.98 Å². The standard InChI is InChI=1S/C14H15ClN4O/c1-9-10(2)20-14(17-9)8-19-12-4-6-16-7-11(12)18-13(19)3-5-15/h4,6-7H,3,5,8H2,1-2H3. The summed E-state index contributed by atoms with van der Waals surface area (Å²) in [7, 11) is 0. The molecule has 3 aromatic rings. The number of aromatic nitrogens is 4. The van der Waals surface area contributed by atoms with E-state index in [0.29, 0.717) is 24.7 Å². The fraction of sp³-hybridized carbons (Fsp3) is 0.357. The molecule has 0 unspecified atom stereocenters. The molecule has 0 atom stereocenters. The summed E-state index contributed by atoms with van der Waals surface area (Å²) in [5.41, 5.74) is 2.81.